The van der Waals surface area contributed by atoms with Crippen LogP contribution in [0.1, 0.15) is 85.5 Å². The van der Waals surface area contributed by atoms with Crippen LogP contribution in [-0.4, -0.2) is 70.9 Å². The molecule has 0 heterocycles. The molecule has 0 bridgehead atoms. The fourth-order valence-corrected chi connectivity index (χ4v) is 4.06. The van der Waals surface area contributed by atoms with E-state index in [4.69, 9.17) is 4.74 Å². The highest BCUT2D eigenvalue weighted by atomic mass is 16.5. The van der Waals surface area contributed by atoms with E-state index in [-0.39, 0.29) is 18.1 Å². The van der Waals surface area contributed by atoms with Crippen molar-refractivity contribution >= 4 is 0 Å². The van der Waals surface area contributed by atoms with Crippen LogP contribution < -0.4 is 0 Å². The lowest BCUT2D eigenvalue weighted by Gasteiger charge is -2.35. The molecule has 0 spiro atoms. The highest BCUT2D eigenvalue weighted by molar-refractivity contribution is 4.98. The summed E-state index contributed by atoms with van der Waals surface area (Å²) >= 11 is 0. The molecule has 5 heteroatoms. The summed E-state index contributed by atoms with van der Waals surface area (Å²) in [5, 5.41) is 31.4. The molecule has 162 valence electrons. The minimum Gasteiger partial charge on any atom is -0.391 e. The molecule has 1 saturated carbocycles. The van der Waals surface area contributed by atoms with Crippen molar-refractivity contribution in [2.45, 2.75) is 116 Å². The summed E-state index contributed by atoms with van der Waals surface area (Å²) in [6.07, 6.45) is 7.22. The molecule has 1 aliphatic rings. The average molecular weight is 388 g/mol. The van der Waals surface area contributed by atoms with Gasteiger partial charge in [-0.2, -0.15) is 0 Å². The standard InChI is InChI=1S/C22H45NO4/c1-6-8-10-11-12-14-23(5)20-17(24)15-18(25)21(20)27-16-19(26)22(3,4)13-9-7-2/h17-21,24-26H,6-16H2,1-5H3. The van der Waals surface area contributed by atoms with Crippen molar-refractivity contribution in [3.63, 3.8) is 0 Å². The molecule has 1 aliphatic carbocycles. The molecule has 0 aliphatic heterocycles. The van der Waals surface area contributed by atoms with Crippen LogP contribution in [0.25, 0.3) is 0 Å². The summed E-state index contributed by atoms with van der Waals surface area (Å²) in [4.78, 5) is 2.13. The molecule has 5 atom stereocenters. The van der Waals surface area contributed by atoms with Gasteiger partial charge in [0.2, 0.25) is 0 Å². The van der Waals surface area contributed by atoms with Crippen LogP contribution in [0.2, 0.25) is 0 Å². The molecule has 0 amide bonds. The summed E-state index contributed by atoms with van der Waals surface area (Å²) in [6, 6.07) is -0.211. The number of hydrogen-bond donors (Lipinski definition) is 3. The monoisotopic (exact) mass is 387 g/mol. The quantitative estimate of drug-likeness (QED) is 0.399. The first-order chi connectivity index (χ1) is 12.7. The highest BCUT2D eigenvalue weighted by Gasteiger charge is 2.45. The predicted octanol–water partition coefficient (Wildman–Crippen LogP) is 3.35. The maximum atomic E-state index is 10.6. The van der Waals surface area contributed by atoms with Gasteiger partial charge in [0, 0.05) is 6.42 Å². The number of ether oxygens (including phenoxy) is 1. The van der Waals surface area contributed by atoms with Crippen LogP contribution in [0, 0.1) is 5.41 Å². The fraction of sp³-hybridized carbons (Fsp3) is 1.00. The first kappa shape index (κ1) is 24.8. The third-order valence-corrected chi connectivity index (χ3v) is 6.24. The van der Waals surface area contributed by atoms with Crippen molar-refractivity contribution in [1.29, 1.82) is 0 Å². The topological polar surface area (TPSA) is 73.2 Å². The zero-order valence-electron chi connectivity index (χ0n) is 18.4. The Morgan fingerprint density at radius 3 is 2.26 bits per heavy atom. The van der Waals surface area contributed by atoms with Crippen LogP contribution in [0.5, 0.6) is 0 Å². The van der Waals surface area contributed by atoms with Crippen molar-refractivity contribution in [2.75, 3.05) is 20.2 Å². The molecular weight excluding hydrogens is 342 g/mol. The van der Waals surface area contributed by atoms with E-state index in [2.05, 4.69) is 32.6 Å². The van der Waals surface area contributed by atoms with Crippen LogP contribution in [0.4, 0.5) is 0 Å². The fourth-order valence-electron chi connectivity index (χ4n) is 4.06. The van der Waals surface area contributed by atoms with Gasteiger partial charge >= 0.3 is 0 Å². The lowest BCUT2D eigenvalue weighted by molar-refractivity contribution is -0.104. The Morgan fingerprint density at radius 2 is 1.63 bits per heavy atom. The molecule has 0 aromatic rings. The van der Waals surface area contributed by atoms with Crippen LogP contribution in [0.3, 0.4) is 0 Å². The average Bonchev–Trinajstić information content (AvgIpc) is 2.90. The molecule has 5 unspecified atom stereocenters. The Hall–Kier alpha value is -0.200. The summed E-state index contributed by atoms with van der Waals surface area (Å²) < 4.78 is 5.99. The van der Waals surface area contributed by atoms with Gasteiger partial charge in [0.15, 0.2) is 0 Å². The molecule has 1 fully saturated rings. The SMILES string of the molecule is CCCCCCCN(C)C1C(O)CC(O)C1OCC(O)C(C)(C)CCCC. The second-order valence-corrected chi connectivity index (χ2v) is 9.16. The Kier molecular flexibility index (Phi) is 11.4. The molecule has 0 radical (unpaired) electrons. The summed E-state index contributed by atoms with van der Waals surface area (Å²) in [5.41, 5.74) is -0.209. The molecule has 5 nitrogen and oxygen atoms in total. The molecule has 0 aromatic heterocycles. The predicted molar refractivity (Wildman–Crippen MR) is 111 cm³/mol. The zero-order valence-corrected chi connectivity index (χ0v) is 18.4. The lowest BCUT2D eigenvalue weighted by atomic mass is 9.82. The van der Waals surface area contributed by atoms with E-state index in [0.29, 0.717) is 6.42 Å². The normalized spacial score (nSPS) is 27.4. The number of aliphatic hydroxyl groups excluding tert-OH is 3. The maximum Gasteiger partial charge on any atom is 0.102 e. The van der Waals surface area contributed by atoms with Crippen molar-refractivity contribution in [1.82, 2.24) is 4.90 Å². The number of nitrogens with zero attached hydrogens (tertiary/aromatic N) is 1. The van der Waals surface area contributed by atoms with Gasteiger partial charge in [0.05, 0.1) is 31.0 Å². The van der Waals surface area contributed by atoms with Gasteiger partial charge < -0.3 is 20.1 Å². The first-order valence-corrected chi connectivity index (χ1v) is 11.1. The van der Waals surface area contributed by atoms with Crippen LogP contribution in [-0.2, 0) is 4.74 Å². The van der Waals surface area contributed by atoms with Crippen LogP contribution in [0.15, 0.2) is 0 Å². The zero-order chi connectivity index (χ0) is 20.4. The minimum absolute atomic E-state index is 0.200. The molecular formula is C22H45NO4. The smallest absolute Gasteiger partial charge is 0.102 e. The summed E-state index contributed by atoms with van der Waals surface area (Å²) in [5.74, 6) is 0. The molecule has 0 aromatic carbocycles. The maximum absolute atomic E-state index is 10.6. The Morgan fingerprint density at radius 1 is 1.00 bits per heavy atom. The van der Waals surface area contributed by atoms with Gasteiger partial charge in [-0.05, 0) is 31.8 Å². The Labute approximate surface area is 167 Å². The van der Waals surface area contributed by atoms with E-state index in [9.17, 15) is 15.3 Å². The minimum atomic E-state index is -0.682. The second-order valence-electron chi connectivity index (χ2n) is 9.16. The second kappa shape index (κ2) is 12.4. The van der Waals surface area contributed by atoms with Crippen molar-refractivity contribution in [3.8, 4) is 0 Å². The molecule has 27 heavy (non-hydrogen) atoms. The highest BCUT2D eigenvalue weighted by Crippen LogP contribution is 2.31. The van der Waals surface area contributed by atoms with Crippen molar-refractivity contribution in [2.24, 2.45) is 5.41 Å². The largest absolute Gasteiger partial charge is 0.391 e. The van der Waals surface area contributed by atoms with E-state index in [1.165, 1.54) is 25.7 Å². The number of rotatable bonds is 14. The number of aliphatic hydroxyl groups is 3. The summed E-state index contributed by atoms with van der Waals surface area (Å²) in [6.45, 7) is 9.59. The lowest BCUT2D eigenvalue weighted by Crippen LogP contribution is -2.49. The van der Waals surface area contributed by atoms with Crippen LogP contribution >= 0.6 is 0 Å². The van der Waals surface area contributed by atoms with E-state index >= 15 is 0 Å². The van der Waals surface area contributed by atoms with Gasteiger partial charge in [-0.1, -0.05) is 66.2 Å². The summed E-state index contributed by atoms with van der Waals surface area (Å²) in [7, 11) is 2.00. The molecule has 3 N–H and O–H groups in total. The number of hydrogen-bond acceptors (Lipinski definition) is 5. The van der Waals surface area contributed by atoms with E-state index in [1.54, 1.807) is 0 Å². The molecule has 0 saturated heterocycles. The van der Waals surface area contributed by atoms with E-state index in [1.807, 2.05) is 7.05 Å². The number of likely N-dealkylation sites (N-methyl/N-ethyl adjacent to an activating group) is 1. The van der Waals surface area contributed by atoms with Gasteiger partial charge in [-0.25, -0.2) is 0 Å². The Balaban J connectivity index is 2.55. The number of unbranched alkanes of at least 4 members (excludes halogenated alkanes) is 5. The third kappa shape index (κ3) is 7.98. The van der Waals surface area contributed by atoms with Gasteiger partial charge in [-0.15, -0.1) is 0 Å². The van der Waals surface area contributed by atoms with E-state index in [0.717, 1.165) is 32.2 Å². The van der Waals surface area contributed by atoms with Gasteiger partial charge in [-0.3, -0.25) is 4.90 Å². The Bertz CT molecular complexity index is 391. The molecule has 1 rings (SSSR count). The van der Waals surface area contributed by atoms with Crippen molar-refractivity contribution in [3.05, 3.63) is 0 Å². The van der Waals surface area contributed by atoms with E-state index < -0.39 is 24.4 Å². The van der Waals surface area contributed by atoms with Gasteiger partial charge in [0.25, 0.3) is 0 Å². The first-order valence-electron chi connectivity index (χ1n) is 11.1. The van der Waals surface area contributed by atoms with Gasteiger partial charge in [0.1, 0.15) is 6.10 Å². The van der Waals surface area contributed by atoms with Crippen molar-refractivity contribution < 1.29 is 20.1 Å². The third-order valence-electron chi connectivity index (χ3n) is 6.24.